The van der Waals surface area contributed by atoms with Crippen LogP contribution in [-0.4, -0.2) is 46.4 Å². The summed E-state index contributed by atoms with van der Waals surface area (Å²) in [5.41, 5.74) is 2.93. The zero-order valence-electron chi connectivity index (χ0n) is 28.3. The number of unbranched alkanes of at least 4 members (excludes halogenated alkanes) is 2. The second kappa shape index (κ2) is 13.9. The first-order valence-electron chi connectivity index (χ1n) is 18.7. The summed E-state index contributed by atoms with van der Waals surface area (Å²) < 4.78 is 16.2. The molecule has 0 spiro atoms. The molecule has 0 heterocycles. The Hall–Kier alpha value is -2.92. The van der Waals surface area contributed by atoms with Gasteiger partial charge >= 0.3 is 0 Å². The molecule has 47 heavy (non-hydrogen) atoms. The van der Waals surface area contributed by atoms with Gasteiger partial charge in [-0.1, -0.05) is 87.6 Å². The van der Waals surface area contributed by atoms with Crippen molar-refractivity contribution in [3.8, 4) is 5.75 Å². The molecule has 7 rings (SSSR count). The highest BCUT2D eigenvalue weighted by Crippen LogP contribution is 2.63. The van der Waals surface area contributed by atoms with Gasteiger partial charge in [-0.3, -0.25) is 4.79 Å². The number of benzene rings is 3. The fourth-order valence-corrected chi connectivity index (χ4v) is 10.6. The molecular weight excluding hydrogens is 585 g/mol. The molecule has 4 aliphatic rings. The number of aliphatic hydroxyl groups is 1. The highest BCUT2D eigenvalue weighted by atomic mass is 19.1. The van der Waals surface area contributed by atoms with Gasteiger partial charge in [-0.25, -0.2) is 4.39 Å². The van der Waals surface area contributed by atoms with Gasteiger partial charge in [0.25, 0.3) is 0 Å². The summed E-state index contributed by atoms with van der Waals surface area (Å²) in [6, 6.07) is 20.3. The van der Waals surface area contributed by atoms with E-state index in [9.17, 15) is 15.0 Å². The lowest BCUT2D eigenvalue weighted by molar-refractivity contribution is -0.131. The Kier molecular flexibility index (Phi) is 9.65. The molecule has 0 radical (unpaired) electrons. The van der Waals surface area contributed by atoms with E-state index in [1.807, 2.05) is 12.1 Å². The number of aromatic hydroxyl groups is 1. The third-order valence-corrected chi connectivity index (χ3v) is 13.0. The predicted molar refractivity (Wildman–Crippen MR) is 187 cm³/mol. The first kappa shape index (κ1) is 32.6. The van der Waals surface area contributed by atoms with Crippen molar-refractivity contribution in [2.45, 2.75) is 115 Å². The monoisotopic (exact) mass is 639 g/mol. The third kappa shape index (κ3) is 6.71. The van der Waals surface area contributed by atoms with E-state index < -0.39 is 12.3 Å². The van der Waals surface area contributed by atoms with Crippen molar-refractivity contribution < 1.29 is 19.4 Å². The van der Waals surface area contributed by atoms with Crippen LogP contribution in [0.2, 0.25) is 0 Å². The van der Waals surface area contributed by atoms with E-state index >= 15 is 4.39 Å². The highest BCUT2D eigenvalue weighted by molar-refractivity contribution is 5.85. The minimum absolute atomic E-state index is 0.147. The highest BCUT2D eigenvalue weighted by Gasteiger charge is 2.59. The summed E-state index contributed by atoms with van der Waals surface area (Å²) in [6.07, 6.45) is 12.6. The molecule has 3 saturated carbocycles. The number of nitrogens with zero attached hydrogens (tertiary/aromatic N) is 1. The zero-order valence-corrected chi connectivity index (χ0v) is 28.3. The molecule has 2 N–H and O–H groups in total. The SMILES string of the molecule is C[C@]12C[C@H](F)C3c4ccc(O)cc4C[C@@H](CCCCCN(CC4CCCCC4)C(=O)Cc4ccc5ccccc5c4)C3C1CC[C@@H]2O. The molecule has 3 aromatic carbocycles. The average molecular weight is 640 g/mol. The molecule has 4 nitrogen and oxygen atoms in total. The molecule has 5 heteroatoms. The maximum absolute atomic E-state index is 16.2. The van der Waals surface area contributed by atoms with Gasteiger partial charge in [-0.2, -0.15) is 0 Å². The second-order valence-electron chi connectivity index (χ2n) is 15.9. The summed E-state index contributed by atoms with van der Waals surface area (Å²) in [4.78, 5) is 15.9. The van der Waals surface area contributed by atoms with Crippen molar-refractivity contribution in [1.82, 2.24) is 4.90 Å². The van der Waals surface area contributed by atoms with Crippen molar-refractivity contribution in [2.75, 3.05) is 13.1 Å². The minimum atomic E-state index is -0.970. The van der Waals surface area contributed by atoms with Crippen LogP contribution in [0.4, 0.5) is 4.39 Å². The van der Waals surface area contributed by atoms with Gasteiger partial charge in [0.1, 0.15) is 11.9 Å². The molecule has 0 aromatic heterocycles. The Morgan fingerprint density at radius 3 is 2.57 bits per heavy atom. The van der Waals surface area contributed by atoms with Crippen LogP contribution in [0.3, 0.4) is 0 Å². The van der Waals surface area contributed by atoms with Crippen molar-refractivity contribution in [1.29, 1.82) is 0 Å². The van der Waals surface area contributed by atoms with Crippen LogP contribution in [0.15, 0.2) is 60.7 Å². The number of phenolic OH excluding ortho intramolecular Hbond substituents is 1. The van der Waals surface area contributed by atoms with E-state index in [0.717, 1.165) is 74.7 Å². The standard InChI is InChI=1S/C42H54FNO3/c1-42-26-37(43)41-35-18-17-34(45)25-33(35)24-32(40(41)36(42)19-20-38(42)46)14-6-3-9-21-44(27-28-10-4-2-5-11-28)39(47)23-29-15-16-30-12-7-8-13-31(30)22-29/h7-8,12-13,15-18,22,25,28,32,36-38,40-41,45-46H,2-6,9-11,14,19-21,23-24,26-27H2,1H3/t32-,36?,37+,38+,40?,41?,42+/m1/s1. The maximum Gasteiger partial charge on any atom is 0.226 e. The molecule has 4 aliphatic carbocycles. The lowest BCUT2D eigenvalue weighted by Gasteiger charge is -2.54. The minimum Gasteiger partial charge on any atom is -0.508 e. The van der Waals surface area contributed by atoms with Gasteiger partial charge in [-0.15, -0.1) is 0 Å². The molecule has 1 amide bonds. The van der Waals surface area contributed by atoms with E-state index in [1.54, 1.807) is 6.07 Å². The Labute approximate surface area is 280 Å². The van der Waals surface area contributed by atoms with E-state index in [1.165, 1.54) is 42.9 Å². The van der Waals surface area contributed by atoms with E-state index in [-0.39, 0.29) is 28.9 Å². The van der Waals surface area contributed by atoms with E-state index in [2.05, 4.69) is 54.3 Å². The second-order valence-corrected chi connectivity index (χ2v) is 15.9. The van der Waals surface area contributed by atoms with Crippen LogP contribution in [0.5, 0.6) is 5.75 Å². The number of amides is 1. The predicted octanol–water partition coefficient (Wildman–Crippen LogP) is 9.15. The molecule has 3 aromatic rings. The lowest BCUT2D eigenvalue weighted by atomic mass is 9.51. The van der Waals surface area contributed by atoms with Crippen LogP contribution in [0, 0.1) is 29.1 Å². The topological polar surface area (TPSA) is 60.8 Å². The van der Waals surface area contributed by atoms with Crippen LogP contribution < -0.4 is 0 Å². The fraction of sp³-hybridized carbons (Fsp3) is 0.595. The Morgan fingerprint density at radius 1 is 0.936 bits per heavy atom. The molecule has 252 valence electrons. The number of aliphatic hydroxyl groups excluding tert-OH is 1. The van der Waals surface area contributed by atoms with Gasteiger partial charge in [0.15, 0.2) is 0 Å². The van der Waals surface area contributed by atoms with Gasteiger partial charge < -0.3 is 15.1 Å². The Morgan fingerprint density at radius 2 is 1.74 bits per heavy atom. The van der Waals surface area contributed by atoms with E-state index in [4.69, 9.17) is 0 Å². The molecular formula is C42H54FNO3. The maximum atomic E-state index is 16.2. The van der Waals surface area contributed by atoms with Crippen molar-refractivity contribution in [2.24, 2.45) is 29.1 Å². The number of halogens is 1. The number of alkyl halides is 1. The molecule has 3 unspecified atom stereocenters. The summed E-state index contributed by atoms with van der Waals surface area (Å²) in [7, 11) is 0. The first-order valence-corrected chi connectivity index (χ1v) is 18.7. The number of rotatable bonds is 10. The Balaban J connectivity index is 1.01. The smallest absolute Gasteiger partial charge is 0.226 e. The summed E-state index contributed by atoms with van der Waals surface area (Å²) in [5.74, 6) is 1.87. The number of carbonyl (C=O) groups excluding carboxylic acids is 1. The van der Waals surface area contributed by atoms with Crippen molar-refractivity contribution in [3.05, 3.63) is 77.4 Å². The van der Waals surface area contributed by atoms with Crippen molar-refractivity contribution in [3.63, 3.8) is 0 Å². The van der Waals surface area contributed by atoms with Crippen LogP contribution in [0.25, 0.3) is 10.8 Å². The normalized spacial score (nSPS) is 30.4. The van der Waals surface area contributed by atoms with Gasteiger partial charge in [0.05, 0.1) is 12.5 Å². The van der Waals surface area contributed by atoms with Gasteiger partial charge in [-0.05, 0) is 120 Å². The van der Waals surface area contributed by atoms with Crippen LogP contribution in [-0.2, 0) is 17.6 Å². The lowest BCUT2D eigenvalue weighted by Crippen LogP contribution is -2.51. The molecule has 7 atom stereocenters. The first-order chi connectivity index (χ1) is 22.8. The number of fused-ring (bicyclic) bond motifs is 6. The zero-order chi connectivity index (χ0) is 32.5. The molecule has 0 saturated heterocycles. The number of hydrogen-bond donors (Lipinski definition) is 2. The van der Waals surface area contributed by atoms with Crippen molar-refractivity contribution >= 4 is 16.7 Å². The summed E-state index contributed by atoms with van der Waals surface area (Å²) >= 11 is 0. The number of carbonyl (C=O) groups is 1. The fourth-order valence-electron chi connectivity index (χ4n) is 10.6. The summed E-state index contributed by atoms with van der Waals surface area (Å²) in [6.45, 7) is 3.81. The quantitative estimate of drug-likeness (QED) is 0.218. The van der Waals surface area contributed by atoms with Gasteiger partial charge in [0, 0.05) is 19.0 Å². The van der Waals surface area contributed by atoms with Crippen LogP contribution in [0.1, 0.15) is 107 Å². The molecule has 3 fully saturated rings. The van der Waals surface area contributed by atoms with Gasteiger partial charge in [0.2, 0.25) is 5.91 Å². The Bertz CT molecular complexity index is 1550. The average Bonchev–Trinajstić information content (AvgIpc) is 3.36. The number of hydrogen-bond acceptors (Lipinski definition) is 3. The van der Waals surface area contributed by atoms with Crippen LogP contribution >= 0.6 is 0 Å². The number of phenols is 1. The third-order valence-electron chi connectivity index (χ3n) is 13.0. The largest absolute Gasteiger partial charge is 0.508 e. The van der Waals surface area contributed by atoms with E-state index in [0.29, 0.717) is 30.6 Å². The molecule has 0 aliphatic heterocycles. The summed E-state index contributed by atoms with van der Waals surface area (Å²) in [5, 5.41) is 23.7. The molecule has 0 bridgehead atoms.